The third-order valence-corrected chi connectivity index (χ3v) is 5.67. The molecule has 0 spiro atoms. The Morgan fingerprint density at radius 3 is 2.70 bits per heavy atom. The van der Waals surface area contributed by atoms with Crippen LogP contribution in [0.2, 0.25) is 0 Å². The fourth-order valence-electron chi connectivity index (χ4n) is 4.25. The minimum atomic E-state index is 0.612. The van der Waals surface area contributed by atoms with Crippen LogP contribution in [0.3, 0.4) is 0 Å². The van der Waals surface area contributed by atoms with E-state index in [1.807, 2.05) is 24.3 Å². The second-order valence-corrected chi connectivity index (χ2v) is 7.34. The van der Waals surface area contributed by atoms with Gasteiger partial charge in [-0.2, -0.15) is 0 Å². The molecule has 5 heteroatoms. The van der Waals surface area contributed by atoms with Crippen LogP contribution in [0.1, 0.15) is 37.7 Å². The lowest BCUT2D eigenvalue weighted by Crippen LogP contribution is -2.37. The Morgan fingerprint density at radius 2 is 1.93 bits per heavy atom. The van der Waals surface area contributed by atoms with Crippen LogP contribution in [0.5, 0.6) is 17.4 Å². The summed E-state index contributed by atoms with van der Waals surface area (Å²) in [5.41, 5.74) is 3.08. The van der Waals surface area contributed by atoms with E-state index in [1.54, 1.807) is 14.2 Å². The maximum atomic E-state index is 6.12. The molecule has 1 aromatic carbocycles. The van der Waals surface area contributed by atoms with Crippen molar-refractivity contribution in [1.29, 1.82) is 0 Å². The zero-order valence-corrected chi connectivity index (χ0v) is 16.2. The molecule has 1 aliphatic heterocycles. The average Bonchev–Trinajstić information content (AvgIpc) is 2.96. The number of fused-ring (bicyclic) bond motifs is 1. The molecule has 4 rings (SSSR count). The highest BCUT2D eigenvalue weighted by Crippen LogP contribution is 2.39. The summed E-state index contributed by atoms with van der Waals surface area (Å²) in [6, 6.07) is 10.7. The van der Waals surface area contributed by atoms with Gasteiger partial charge in [-0.3, -0.25) is 4.90 Å². The van der Waals surface area contributed by atoms with Crippen LogP contribution in [0.25, 0.3) is 11.3 Å². The van der Waals surface area contributed by atoms with Gasteiger partial charge in [-0.25, -0.2) is 4.98 Å². The van der Waals surface area contributed by atoms with E-state index in [1.165, 1.54) is 37.7 Å². The molecule has 1 fully saturated rings. The zero-order chi connectivity index (χ0) is 18.6. The molecule has 0 amide bonds. The van der Waals surface area contributed by atoms with Crippen molar-refractivity contribution in [1.82, 2.24) is 9.88 Å². The molecule has 144 valence electrons. The monoisotopic (exact) mass is 368 g/mol. The predicted octanol–water partition coefficient (Wildman–Crippen LogP) is 4.29. The molecule has 0 bridgehead atoms. The Morgan fingerprint density at radius 1 is 1.07 bits per heavy atom. The predicted molar refractivity (Wildman–Crippen MR) is 106 cm³/mol. The third kappa shape index (κ3) is 3.88. The van der Waals surface area contributed by atoms with Gasteiger partial charge in [-0.1, -0.05) is 25.3 Å². The van der Waals surface area contributed by atoms with Gasteiger partial charge in [-0.15, -0.1) is 0 Å². The zero-order valence-electron chi connectivity index (χ0n) is 16.2. The number of pyridine rings is 1. The summed E-state index contributed by atoms with van der Waals surface area (Å²) in [5, 5.41) is 0. The summed E-state index contributed by atoms with van der Waals surface area (Å²) in [4.78, 5) is 7.18. The van der Waals surface area contributed by atoms with Crippen molar-refractivity contribution < 1.29 is 14.2 Å². The van der Waals surface area contributed by atoms with Crippen molar-refractivity contribution >= 4 is 0 Å². The van der Waals surface area contributed by atoms with E-state index in [0.717, 1.165) is 35.8 Å². The summed E-state index contributed by atoms with van der Waals surface area (Å²) < 4.78 is 17.1. The van der Waals surface area contributed by atoms with Gasteiger partial charge in [0.15, 0.2) is 11.5 Å². The van der Waals surface area contributed by atoms with Crippen LogP contribution in [0.4, 0.5) is 0 Å². The maximum absolute atomic E-state index is 6.12. The number of methoxy groups -OCH3 is 2. The van der Waals surface area contributed by atoms with E-state index >= 15 is 0 Å². The standard InChI is InChI=1S/C22H28N2O3/c1-25-20-14-16(19-9-6-10-21(23-19)26-2)13-17-15-24(11-12-27-22(17)20)18-7-4-3-5-8-18/h6,9-10,13-14,18H,3-5,7-8,11-12,15H2,1-2H3. The Labute approximate surface area is 161 Å². The first-order chi connectivity index (χ1) is 13.3. The Bertz CT molecular complexity index is 787. The molecule has 1 aromatic heterocycles. The number of ether oxygens (including phenoxy) is 3. The summed E-state index contributed by atoms with van der Waals surface area (Å²) in [5.74, 6) is 2.27. The minimum absolute atomic E-state index is 0.612. The number of aromatic nitrogens is 1. The first-order valence-corrected chi connectivity index (χ1v) is 9.87. The number of nitrogens with zero attached hydrogens (tertiary/aromatic N) is 2. The summed E-state index contributed by atoms with van der Waals surface area (Å²) in [6.07, 6.45) is 6.64. The molecule has 0 N–H and O–H groups in total. The summed E-state index contributed by atoms with van der Waals surface area (Å²) in [7, 11) is 3.34. The molecule has 0 unspecified atom stereocenters. The van der Waals surface area contributed by atoms with Crippen LogP contribution in [0.15, 0.2) is 30.3 Å². The van der Waals surface area contributed by atoms with Crippen LogP contribution < -0.4 is 14.2 Å². The van der Waals surface area contributed by atoms with E-state index < -0.39 is 0 Å². The minimum Gasteiger partial charge on any atom is -0.493 e. The van der Waals surface area contributed by atoms with E-state index in [-0.39, 0.29) is 0 Å². The van der Waals surface area contributed by atoms with Gasteiger partial charge < -0.3 is 14.2 Å². The Kier molecular flexibility index (Phi) is 5.48. The van der Waals surface area contributed by atoms with Crippen molar-refractivity contribution in [3.63, 3.8) is 0 Å². The number of hydrogen-bond acceptors (Lipinski definition) is 5. The highest BCUT2D eigenvalue weighted by molar-refractivity contribution is 5.67. The molecule has 2 heterocycles. The highest BCUT2D eigenvalue weighted by Gasteiger charge is 2.26. The molecule has 2 aliphatic rings. The van der Waals surface area contributed by atoms with Crippen molar-refractivity contribution in [2.24, 2.45) is 0 Å². The maximum Gasteiger partial charge on any atom is 0.213 e. The lowest BCUT2D eigenvalue weighted by molar-refractivity contribution is 0.136. The smallest absolute Gasteiger partial charge is 0.213 e. The van der Waals surface area contributed by atoms with Gasteiger partial charge in [0.1, 0.15) is 6.61 Å². The molecule has 5 nitrogen and oxygen atoms in total. The van der Waals surface area contributed by atoms with E-state index in [0.29, 0.717) is 18.5 Å². The normalized spacial score (nSPS) is 18.3. The SMILES string of the molecule is COc1cccc(-c2cc3c(c(OC)c2)OCCN(C2CCCCC2)C3)n1. The van der Waals surface area contributed by atoms with Crippen LogP contribution in [0, 0.1) is 0 Å². The quantitative estimate of drug-likeness (QED) is 0.805. The number of hydrogen-bond donors (Lipinski definition) is 0. The van der Waals surface area contributed by atoms with Crippen molar-refractivity contribution in [2.45, 2.75) is 44.7 Å². The molecular weight excluding hydrogens is 340 g/mol. The molecule has 0 atom stereocenters. The fraction of sp³-hybridized carbons (Fsp3) is 0.500. The molecule has 0 radical (unpaired) electrons. The van der Waals surface area contributed by atoms with Crippen LogP contribution in [-0.2, 0) is 6.54 Å². The second kappa shape index (κ2) is 8.17. The molecule has 0 saturated heterocycles. The summed E-state index contributed by atoms with van der Waals surface area (Å²) >= 11 is 0. The Hall–Kier alpha value is -2.27. The lowest BCUT2D eigenvalue weighted by atomic mass is 9.93. The van der Waals surface area contributed by atoms with Crippen LogP contribution >= 0.6 is 0 Å². The highest BCUT2D eigenvalue weighted by atomic mass is 16.5. The first-order valence-electron chi connectivity index (χ1n) is 9.87. The topological polar surface area (TPSA) is 43.8 Å². The number of rotatable bonds is 4. The average molecular weight is 368 g/mol. The van der Waals surface area contributed by atoms with Gasteiger partial charge in [0.25, 0.3) is 0 Å². The van der Waals surface area contributed by atoms with E-state index in [9.17, 15) is 0 Å². The molecule has 2 aromatic rings. The third-order valence-electron chi connectivity index (χ3n) is 5.67. The van der Waals surface area contributed by atoms with Gasteiger partial charge in [0.05, 0.1) is 19.9 Å². The molecular formula is C22H28N2O3. The summed E-state index contributed by atoms with van der Waals surface area (Å²) in [6.45, 7) is 2.57. The largest absolute Gasteiger partial charge is 0.493 e. The Balaban J connectivity index is 1.69. The second-order valence-electron chi connectivity index (χ2n) is 7.34. The van der Waals surface area contributed by atoms with Gasteiger partial charge in [-0.05, 0) is 31.0 Å². The van der Waals surface area contributed by atoms with Crippen molar-refractivity contribution in [3.8, 4) is 28.6 Å². The van der Waals surface area contributed by atoms with E-state index in [4.69, 9.17) is 14.2 Å². The van der Waals surface area contributed by atoms with Gasteiger partial charge in [0.2, 0.25) is 5.88 Å². The first kappa shape index (κ1) is 18.1. The molecule has 1 aliphatic carbocycles. The van der Waals surface area contributed by atoms with Gasteiger partial charge >= 0.3 is 0 Å². The fourth-order valence-corrected chi connectivity index (χ4v) is 4.25. The number of benzene rings is 1. The van der Waals surface area contributed by atoms with Crippen molar-refractivity contribution in [2.75, 3.05) is 27.4 Å². The molecule has 27 heavy (non-hydrogen) atoms. The molecule has 1 saturated carbocycles. The van der Waals surface area contributed by atoms with E-state index in [2.05, 4.69) is 16.0 Å². The lowest BCUT2D eigenvalue weighted by Gasteiger charge is -2.33. The van der Waals surface area contributed by atoms with Gasteiger partial charge in [0, 0.05) is 36.3 Å². The van der Waals surface area contributed by atoms with Crippen molar-refractivity contribution in [3.05, 3.63) is 35.9 Å². The van der Waals surface area contributed by atoms with Crippen LogP contribution in [-0.4, -0.2) is 43.3 Å².